The molecule has 1 aliphatic carbocycles. The second kappa shape index (κ2) is 14.6. The van der Waals surface area contributed by atoms with Crippen LogP contribution in [-0.2, 0) is 28.3 Å². The third-order valence-electron chi connectivity index (χ3n) is 7.05. The molecular formula is C32H38N2O3S. The van der Waals surface area contributed by atoms with E-state index in [-0.39, 0.29) is 17.9 Å². The number of nitrogens with zero attached hydrogens (tertiary/aromatic N) is 1. The summed E-state index contributed by atoms with van der Waals surface area (Å²) in [5, 5.41) is 3.30. The van der Waals surface area contributed by atoms with Crippen molar-refractivity contribution in [2.24, 2.45) is 0 Å². The standard InChI is InChI=1S/C32H38N2O3S/c1-37-29-19-11-16-27(20-29)22-34(31(35)24-38-23-26-14-7-3-8-15-26)30(21-25-12-5-2-6-13-25)32(36)33-28-17-9-4-10-18-28/h2-3,5-8,11-16,19-20,28,30H,4,9-10,17-18,21-24H2,1H3,(H,33,36)/t30-/m0/s1. The van der Waals surface area contributed by atoms with Crippen molar-refractivity contribution >= 4 is 23.6 Å². The number of carbonyl (C=O) groups is 2. The molecular weight excluding hydrogens is 492 g/mol. The van der Waals surface area contributed by atoms with Gasteiger partial charge in [0.25, 0.3) is 0 Å². The third-order valence-corrected chi connectivity index (χ3v) is 8.04. The van der Waals surface area contributed by atoms with Gasteiger partial charge in [0.15, 0.2) is 0 Å². The number of rotatable bonds is 12. The van der Waals surface area contributed by atoms with Gasteiger partial charge in [-0.2, -0.15) is 0 Å². The number of hydrogen-bond acceptors (Lipinski definition) is 4. The Labute approximate surface area is 231 Å². The molecule has 38 heavy (non-hydrogen) atoms. The van der Waals surface area contributed by atoms with E-state index in [2.05, 4.69) is 17.4 Å². The maximum absolute atomic E-state index is 13.8. The highest BCUT2D eigenvalue weighted by Gasteiger charge is 2.31. The number of benzene rings is 3. The van der Waals surface area contributed by atoms with Crippen LogP contribution in [0, 0.1) is 0 Å². The van der Waals surface area contributed by atoms with Gasteiger partial charge in [-0.05, 0) is 41.7 Å². The lowest BCUT2D eigenvalue weighted by Crippen LogP contribution is -2.53. The van der Waals surface area contributed by atoms with Crippen molar-refractivity contribution in [2.45, 2.75) is 62.9 Å². The van der Waals surface area contributed by atoms with Gasteiger partial charge in [0, 0.05) is 24.8 Å². The van der Waals surface area contributed by atoms with Crippen LogP contribution in [-0.4, -0.2) is 41.7 Å². The average Bonchev–Trinajstić information content (AvgIpc) is 2.96. The van der Waals surface area contributed by atoms with Gasteiger partial charge in [-0.15, -0.1) is 11.8 Å². The van der Waals surface area contributed by atoms with Gasteiger partial charge < -0.3 is 15.0 Å². The summed E-state index contributed by atoms with van der Waals surface area (Å²) < 4.78 is 5.43. The quantitative estimate of drug-likeness (QED) is 0.311. The fourth-order valence-corrected chi connectivity index (χ4v) is 5.85. The minimum atomic E-state index is -0.602. The lowest BCUT2D eigenvalue weighted by molar-refractivity contribution is -0.139. The molecule has 0 spiro atoms. The van der Waals surface area contributed by atoms with Gasteiger partial charge in [-0.3, -0.25) is 9.59 Å². The molecule has 0 bridgehead atoms. The molecule has 4 rings (SSSR count). The minimum absolute atomic E-state index is 0.0338. The fourth-order valence-electron chi connectivity index (χ4n) is 4.98. The second-order valence-electron chi connectivity index (χ2n) is 9.90. The summed E-state index contributed by atoms with van der Waals surface area (Å²) in [5.41, 5.74) is 3.16. The van der Waals surface area contributed by atoms with Crippen LogP contribution in [0.15, 0.2) is 84.9 Å². The topological polar surface area (TPSA) is 58.6 Å². The number of nitrogens with one attached hydrogen (secondary N) is 1. The predicted molar refractivity (Wildman–Crippen MR) is 155 cm³/mol. The molecule has 6 heteroatoms. The molecule has 3 aromatic carbocycles. The van der Waals surface area contributed by atoms with E-state index in [4.69, 9.17) is 4.74 Å². The SMILES string of the molecule is COc1cccc(CN(C(=O)CSCc2ccccc2)[C@@H](Cc2ccccc2)C(=O)NC2CCCCC2)c1. The first-order valence-corrected chi connectivity index (χ1v) is 14.7. The molecule has 5 nitrogen and oxygen atoms in total. The van der Waals surface area contributed by atoms with Gasteiger partial charge in [0.1, 0.15) is 11.8 Å². The number of ether oxygens (including phenoxy) is 1. The summed E-state index contributed by atoms with van der Waals surface area (Å²) in [5.74, 6) is 1.69. The summed E-state index contributed by atoms with van der Waals surface area (Å²) >= 11 is 1.58. The van der Waals surface area contributed by atoms with E-state index < -0.39 is 6.04 Å². The minimum Gasteiger partial charge on any atom is -0.497 e. The molecule has 1 aliphatic rings. The zero-order valence-corrected chi connectivity index (χ0v) is 23.0. The maximum atomic E-state index is 13.8. The van der Waals surface area contributed by atoms with Crippen LogP contribution >= 0.6 is 11.8 Å². The molecule has 0 radical (unpaired) electrons. The fraction of sp³-hybridized carbons (Fsp3) is 0.375. The lowest BCUT2D eigenvalue weighted by atomic mass is 9.94. The summed E-state index contributed by atoms with van der Waals surface area (Å²) in [6.07, 6.45) is 5.96. The van der Waals surface area contributed by atoms with Gasteiger partial charge >= 0.3 is 0 Å². The van der Waals surface area contributed by atoms with Crippen molar-refractivity contribution in [1.29, 1.82) is 0 Å². The van der Waals surface area contributed by atoms with Crippen molar-refractivity contribution in [1.82, 2.24) is 10.2 Å². The zero-order chi connectivity index (χ0) is 26.6. The van der Waals surface area contributed by atoms with Crippen LogP contribution in [0.25, 0.3) is 0 Å². The number of amides is 2. The molecule has 0 aromatic heterocycles. The van der Waals surface area contributed by atoms with Crippen LogP contribution < -0.4 is 10.1 Å². The van der Waals surface area contributed by atoms with Crippen molar-refractivity contribution in [3.63, 3.8) is 0 Å². The summed E-state index contributed by atoms with van der Waals surface area (Å²) in [6, 6.07) is 27.5. The number of hydrogen-bond donors (Lipinski definition) is 1. The number of carbonyl (C=O) groups excluding carboxylic acids is 2. The van der Waals surface area contributed by atoms with Gasteiger partial charge in [-0.1, -0.05) is 92.1 Å². The van der Waals surface area contributed by atoms with Crippen LogP contribution in [0.3, 0.4) is 0 Å². The molecule has 200 valence electrons. The van der Waals surface area contributed by atoms with Crippen LogP contribution in [0.2, 0.25) is 0 Å². The highest BCUT2D eigenvalue weighted by atomic mass is 32.2. The molecule has 2 amide bonds. The molecule has 1 saturated carbocycles. The third kappa shape index (κ3) is 8.38. The first-order valence-electron chi connectivity index (χ1n) is 13.5. The average molecular weight is 531 g/mol. The van der Waals surface area contributed by atoms with Crippen LogP contribution in [0.5, 0.6) is 5.75 Å². The molecule has 0 saturated heterocycles. The molecule has 1 fully saturated rings. The molecule has 1 atom stereocenters. The maximum Gasteiger partial charge on any atom is 0.243 e. The van der Waals surface area contributed by atoms with E-state index in [1.54, 1.807) is 23.8 Å². The zero-order valence-electron chi connectivity index (χ0n) is 22.2. The highest BCUT2D eigenvalue weighted by molar-refractivity contribution is 7.99. The Morgan fingerprint density at radius 1 is 0.895 bits per heavy atom. The second-order valence-corrected chi connectivity index (χ2v) is 10.9. The van der Waals surface area contributed by atoms with Crippen molar-refractivity contribution in [3.8, 4) is 5.75 Å². The van der Waals surface area contributed by atoms with Crippen molar-refractivity contribution < 1.29 is 14.3 Å². The Bertz CT molecular complexity index is 1150. The first-order chi connectivity index (χ1) is 18.6. The van der Waals surface area contributed by atoms with E-state index in [0.29, 0.717) is 18.7 Å². The van der Waals surface area contributed by atoms with E-state index in [1.807, 2.05) is 72.8 Å². The molecule has 0 aliphatic heterocycles. The Morgan fingerprint density at radius 3 is 2.24 bits per heavy atom. The Balaban J connectivity index is 1.58. The normalized spacial score (nSPS) is 14.4. The number of thioether (sulfide) groups is 1. The van der Waals surface area contributed by atoms with Crippen LogP contribution in [0.4, 0.5) is 0 Å². The first kappa shape index (κ1) is 27.8. The van der Waals surface area contributed by atoms with E-state index >= 15 is 0 Å². The lowest BCUT2D eigenvalue weighted by Gasteiger charge is -2.33. The van der Waals surface area contributed by atoms with E-state index in [0.717, 1.165) is 48.3 Å². The summed E-state index contributed by atoms with van der Waals surface area (Å²) in [7, 11) is 1.64. The molecule has 0 heterocycles. The van der Waals surface area contributed by atoms with Crippen molar-refractivity contribution in [3.05, 3.63) is 102 Å². The summed E-state index contributed by atoms with van der Waals surface area (Å²) in [4.78, 5) is 29.4. The monoisotopic (exact) mass is 530 g/mol. The van der Waals surface area contributed by atoms with Crippen LogP contribution in [0.1, 0.15) is 48.8 Å². The molecule has 3 aromatic rings. The van der Waals surface area contributed by atoms with Gasteiger partial charge in [-0.25, -0.2) is 0 Å². The highest BCUT2D eigenvalue weighted by Crippen LogP contribution is 2.22. The van der Waals surface area contributed by atoms with Gasteiger partial charge in [0.2, 0.25) is 11.8 Å². The predicted octanol–water partition coefficient (Wildman–Crippen LogP) is 6.02. The van der Waals surface area contributed by atoms with Gasteiger partial charge in [0.05, 0.1) is 12.9 Å². The molecule has 0 unspecified atom stereocenters. The Morgan fingerprint density at radius 2 is 1.55 bits per heavy atom. The van der Waals surface area contributed by atoms with Crippen molar-refractivity contribution in [2.75, 3.05) is 12.9 Å². The Hall–Kier alpha value is -3.25. The number of methoxy groups -OCH3 is 1. The smallest absolute Gasteiger partial charge is 0.243 e. The summed E-state index contributed by atoms with van der Waals surface area (Å²) in [6.45, 7) is 0.345. The Kier molecular flexibility index (Phi) is 10.7. The largest absolute Gasteiger partial charge is 0.497 e. The van der Waals surface area contributed by atoms with E-state index in [9.17, 15) is 9.59 Å². The van der Waals surface area contributed by atoms with E-state index in [1.165, 1.54) is 12.0 Å². The molecule has 1 N–H and O–H groups in total.